The van der Waals surface area contributed by atoms with E-state index in [4.69, 9.17) is 5.11 Å². The zero-order valence-corrected chi connectivity index (χ0v) is 9.53. The summed E-state index contributed by atoms with van der Waals surface area (Å²) in [6.07, 6.45) is 0.246. The van der Waals surface area contributed by atoms with Crippen LogP contribution in [-0.2, 0) is 13.1 Å². The van der Waals surface area contributed by atoms with E-state index < -0.39 is 6.09 Å². The van der Waals surface area contributed by atoms with Crippen molar-refractivity contribution < 1.29 is 14.3 Å². The lowest BCUT2D eigenvalue weighted by Gasteiger charge is -2.08. The number of carboxylic acid groups (broad SMARTS) is 1. The van der Waals surface area contributed by atoms with E-state index in [1.807, 2.05) is 0 Å². The van der Waals surface area contributed by atoms with Crippen molar-refractivity contribution in [3.63, 3.8) is 0 Å². The van der Waals surface area contributed by atoms with Crippen LogP contribution < -0.4 is 0 Å². The molecule has 0 aliphatic carbocycles. The highest BCUT2D eigenvalue weighted by Gasteiger charge is 2.24. The zero-order chi connectivity index (χ0) is 12.1. The highest BCUT2D eigenvalue weighted by molar-refractivity contribution is 5.66. The van der Waals surface area contributed by atoms with E-state index in [2.05, 4.69) is 13.8 Å². The van der Waals surface area contributed by atoms with Crippen molar-refractivity contribution in [3.8, 4) is 0 Å². The van der Waals surface area contributed by atoms with Gasteiger partial charge in [0.25, 0.3) is 0 Å². The van der Waals surface area contributed by atoms with Crippen molar-refractivity contribution in [1.29, 1.82) is 0 Å². The average Bonchev–Trinajstić information content (AvgIpc) is 2.64. The summed E-state index contributed by atoms with van der Waals surface area (Å²) in [6, 6.07) is 4.70. The molecule has 1 heterocycles. The normalized spacial score (nSPS) is 12.8. The molecule has 4 heteroatoms. The predicted molar refractivity (Wildman–Crippen MR) is 59.6 cm³/mol. The minimum Gasteiger partial charge on any atom is -0.465 e. The molecule has 0 saturated heterocycles. The Morgan fingerprint density at radius 2 is 2.06 bits per heavy atom. The number of fused-ring (bicyclic) bond motifs is 1. The number of amides is 1. The van der Waals surface area contributed by atoms with E-state index in [9.17, 15) is 9.18 Å². The Morgan fingerprint density at radius 3 is 2.56 bits per heavy atom. The van der Waals surface area contributed by atoms with E-state index in [1.165, 1.54) is 17.4 Å². The fourth-order valence-corrected chi connectivity index (χ4v) is 1.52. The summed E-state index contributed by atoms with van der Waals surface area (Å²) < 4.78 is 13.1. The second kappa shape index (κ2) is 5.49. The number of carbonyl (C=O) groups is 1. The van der Waals surface area contributed by atoms with Crippen LogP contribution in [0.1, 0.15) is 31.4 Å². The van der Waals surface area contributed by atoms with Crippen LogP contribution in [0.25, 0.3) is 0 Å². The fraction of sp³-hybridized carbons (Fsp3) is 0.417. The second-order valence-corrected chi connectivity index (χ2v) is 3.72. The predicted octanol–water partition coefficient (Wildman–Crippen LogP) is 3.24. The molecule has 1 N–H and O–H groups in total. The molecule has 1 aromatic rings. The fourth-order valence-electron chi connectivity index (χ4n) is 1.52. The molecule has 1 aromatic carbocycles. The van der Waals surface area contributed by atoms with E-state index in [0.29, 0.717) is 12.1 Å². The van der Waals surface area contributed by atoms with Crippen LogP contribution in [0.3, 0.4) is 0 Å². The molecule has 0 atom stereocenters. The van der Waals surface area contributed by atoms with E-state index >= 15 is 0 Å². The molecule has 1 aliphatic rings. The SMILES string of the molecule is CCC.O=C(O)N1Cc2cccc(F)c2C1. The van der Waals surface area contributed by atoms with Crippen LogP contribution in [0, 0.1) is 5.82 Å². The molecule has 0 saturated carbocycles. The smallest absolute Gasteiger partial charge is 0.407 e. The van der Waals surface area contributed by atoms with Crippen molar-refractivity contribution >= 4 is 6.09 Å². The van der Waals surface area contributed by atoms with Crippen molar-refractivity contribution in [2.45, 2.75) is 33.4 Å². The average molecular weight is 225 g/mol. The Balaban J connectivity index is 0.000000386. The Kier molecular flexibility index (Phi) is 4.28. The molecule has 0 radical (unpaired) electrons. The molecule has 0 bridgehead atoms. The Labute approximate surface area is 94.5 Å². The first kappa shape index (κ1) is 12.5. The summed E-state index contributed by atoms with van der Waals surface area (Å²) in [5.74, 6) is -0.318. The molecule has 1 amide bonds. The number of hydrogen-bond acceptors (Lipinski definition) is 1. The highest BCUT2D eigenvalue weighted by atomic mass is 19.1. The van der Waals surface area contributed by atoms with Crippen molar-refractivity contribution in [2.24, 2.45) is 0 Å². The van der Waals surface area contributed by atoms with Gasteiger partial charge < -0.3 is 5.11 Å². The molecule has 2 rings (SSSR count). The van der Waals surface area contributed by atoms with Crippen molar-refractivity contribution in [1.82, 2.24) is 4.90 Å². The van der Waals surface area contributed by atoms with Gasteiger partial charge in [0.1, 0.15) is 5.82 Å². The molecule has 3 nitrogen and oxygen atoms in total. The molecule has 0 fully saturated rings. The van der Waals surface area contributed by atoms with Gasteiger partial charge in [0.2, 0.25) is 0 Å². The molecule has 88 valence electrons. The maximum absolute atomic E-state index is 13.1. The van der Waals surface area contributed by atoms with Gasteiger partial charge in [0, 0.05) is 12.1 Å². The van der Waals surface area contributed by atoms with Gasteiger partial charge in [0.05, 0.1) is 6.54 Å². The van der Waals surface area contributed by atoms with Gasteiger partial charge >= 0.3 is 6.09 Å². The number of halogens is 1. The van der Waals surface area contributed by atoms with E-state index in [-0.39, 0.29) is 12.4 Å². The number of rotatable bonds is 0. The largest absolute Gasteiger partial charge is 0.465 e. The third kappa shape index (κ3) is 2.72. The third-order valence-corrected chi connectivity index (χ3v) is 2.20. The van der Waals surface area contributed by atoms with Gasteiger partial charge in [-0.25, -0.2) is 9.18 Å². The van der Waals surface area contributed by atoms with Gasteiger partial charge in [-0.15, -0.1) is 0 Å². The van der Waals surface area contributed by atoms with Gasteiger partial charge in [-0.05, 0) is 11.6 Å². The lowest BCUT2D eigenvalue weighted by Crippen LogP contribution is -2.22. The lowest BCUT2D eigenvalue weighted by atomic mass is 10.1. The van der Waals surface area contributed by atoms with E-state index in [1.54, 1.807) is 12.1 Å². The molecular formula is C12H16FNO2. The van der Waals surface area contributed by atoms with Crippen LogP contribution in [0.4, 0.5) is 9.18 Å². The van der Waals surface area contributed by atoms with Gasteiger partial charge in [-0.3, -0.25) is 4.90 Å². The third-order valence-electron chi connectivity index (χ3n) is 2.20. The first-order valence-corrected chi connectivity index (χ1v) is 5.34. The first-order valence-electron chi connectivity index (χ1n) is 5.34. The zero-order valence-electron chi connectivity index (χ0n) is 9.53. The van der Waals surface area contributed by atoms with Crippen LogP contribution >= 0.6 is 0 Å². The summed E-state index contributed by atoms with van der Waals surface area (Å²) in [7, 11) is 0. The summed E-state index contributed by atoms with van der Waals surface area (Å²) in [5.41, 5.74) is 1.27. The van der Waals surface area contributed by atoms with Crippen LogP contribution in [-0.4, -0.2) is 16.1 Å². The summed E-state index contributed by atoms with van der Waals surface area (Å²) in [4.78, 5) is 11.8. The number of hydrogen-bond donors (Lipinski definition) is 1. The summed E-state index contributed by atoms with van der Waals surface area (Å²) in [5, 5.41) is 8.68. The van der Waals surface area contributed by atoms with Gasteiger partial charge in [-0.2, -0.15) is 0 Å². The van der Waals surface area contributed by atoms with Gasteiger partial charge in [-0.1, -0.05) is 32.4 Å². The van der Waals surface area contributed by atoms with Gasteiger partial charge in [0.15, 0.2) is 0 Å². The van der Waals surface area contributed by atoms with Crippen LogP contribution in [0.2, 0.25) is 0 Å². The Hall–Kier alpha value is -1.58. The summed E-state index contributed by atoms with van der Waals surface area (Å²) in [6.45, 7) is 4.71. The topological polar surface area (TPSA) is 40.5 Å². The molecule has 16 heavy (non-hydrogen) atoms. The quantitative estimate of drug-likeness (QED) is 0.736. The maximum atomic E-state index is 13.1. The Morgan fingerprint density at radius 1 is 1.44 bits per heavy atom. The summed E-state index contributed by atoms with van der Waals surface area (Å²) >= 11 is 0. The monoisotopic (exact) mass is 225 g/mol. The molecular weight excluding hydrogens is 209 g/mol. The van der Waals surface area contributed by atoms with Crippen LogP contribution in [0.15, 0.2) is 18.2 Å². The van der Waals surface area contributed by atoms with Crippen molar-refractivity contribution in [3.05, 3.63) is 35.1 Å². The van der Waals surface area contributed by atoms with Crippen molar-refractivity contribution in [2.75, 3.05) is 0 Å². The number of benzene rings is 1. The van der Waals surface area contributed by atoms with Crippen LogP contribution in [0.5, 0.6) is 0 Å². The molecule has 1 aliphatic heterocycles. The van der Waals surface area contributed by atoms with E-state index in [0.717, 1.165) is 5.56 Å². The Bertz CT molecular complexity index is 379. The molecule has 0 unspecified atom stereocenters. The highest BCUT2D eigenvalue weighted by Crippen LogP contribution is 2.24. The molecule has 0 spiro atoms. The number of nitrogens with zero attached hydrogens (tertiary/aromatic N) is 1. The minimum absolute atomic E-state index is 0.164. The first-order chi connectivity index (χ1) is 7.60. The maximum Gasteiger partial charge on any atom is 0.407 e. The standard InChI is InChI=1S/C9H8FNO2.C3H8/c10-8-3-1-2-6-4-11(9(12)13)5-7(6)8;1-3-2/h1-3H,4-5H2,(H,12,13);3H2,1-2H3. The molecule has 0 aromatic heterocycles. The lowest BCUT2D eigenvalue weighted by molar-refractivity contribution is 0.145. The second-order valence-electron chi connectivity index (χ2n) is 3.72. The minimum atomic E-state index is -1.00.